The molecular formula is C23H26N6O. The fourth-order valence-corrected chi connectivity index (χ4v) is 4.80. The minimum Gasteiger partial charge on any atom is -0.340 e. The van der Waals surface area contributed by atoms with Gasteiger partial charge in [0.15, 0.2) is 5.82 Å². The molecule has 0 N–H and O–H groups in total. The maximum Gasteiger partial charge on any atom is 0.249 e. The number of hydrogen-bond acceptors (Lipinski definition) is 5. The van der Waals surface area contributed by atoms with Gasteiger partial charge in [0.1, 0.15) is 11.7 Å². The molecule has 4 heterocycles. The van der Waals surface area contributed by atoms with E-state index in [4.69, 9.17) is 4.98 Å². The summed E-state index contributed by atoms with van der Waals surface area (Å²) >= 11 is 0. The highest BCUT2D eigenvalue weighted by Gasteiger charge is 2.41. The van der Waals surface area contributed by atoms with Crippen molar-refractivity contribution in [3.63, 3.8) is 0 Å². The molecule has 154 valence electrons. The first-order chi connectivity index (χ1) is 14.7. The number of rotatable bonds is 4. The molecule has 0 radical (unpaired) electrons. The number of hydrogen-bond donors (Lipinski definition) is 0. The van der Waals surface area contributed by atoms with E-state index in [9.17, 15) is 4.79 Å². The second-order valence-corrected chi connectivity index (χ2v) is 8.05. The van der Waals surface area contributed by atoms with E-state index < -0.39 is 0 Å². The molecule has 3 aromatic rings. The van der Waals surface area contributed by atoms with Crippen LogP contribution in [0.5, 0.6) is 0 Å². The average molecular weight is 403 g/mol. The van der Waals surface area contributed by atoms with Crippen LogP contribution in [-0.2, 0) is 4.79 Å². The number of carbonyl (C=O) groups is 1. The van der Waals surface area contributed by atoms with Crippen LogP contribution in [0.25, 0.3) is 17.2 Å². The Morgan fingerprint density at radius 2 is 1.90 bits per heavy atom. The summed E-state index contributed by atoms with van der Waals surface area (Å²) in [5.41, 5.74) is 2.86. The largest absolute Gasteiger partial charge is 0.340 e. The van der Waals surface area contributed by atoms with Crippen molar-refractivity contribution in [3.05, 3.63) is 49.1 Å². The Bertz CT molecular complexity index is 1060. The third kappa shape index (κ3) is 2.96. The molecule has 0 aromatic carbocycles. The number of nitrogens with zero attached hydrogens (tertiary/aromatic N) is 6. The molecule has 0 saturated heterocycles. The van der Waals surface area contributed by atoms with Gasteiger partial charge in [0.2, 0.25) is 11.9 Å². The molecule has 0 unspecified atom stereocenters. The third-order valence-corrected chi connectivity index (χ3v) is 6.34. The van der Waals surface area contributed by atoms with Crippen molar-refractivity contribution in [2.24, 2.45) is 0 Å². The van der Waals surface area contributed by atoms with Gasteiger partial charge in [-0.15, -0.1) is 0 Å². The van der Waals surface area contributed by atoms with E-state index in [-0.39, 0.29) is 11.9 Å². The molecule has 1 aliphatic heterocycles. The van der Waals surface area contributed by atoms with Crippen molar-refractivity contribution in [2.45, 2.75) is 51.1 Å². The highest BCUT2D eigenvalue weighted by molar-refractivity contribution is 6.04. The average Bonchev–Trinajstić information content (AvgIpc) is 3.48. The van der Waals surface area contributed by atoms with Crippen molar-refractivity contribution in [2.75, 3.05) is 16.8 Å². The summed E-state index contributed by atoms with van der Waals surface area (Å²) in [5.74, 6) is 1.62. The molecule has 0 bridgehead atoms. The van der Waals surface area contributed by atoms with Crippen LogP contribution in [0, 0.1) is 0 Å². The quantitative estimate of drug-likeness (QED) is 0.663. The molecule has 30 heavy (non-hydrogen) atoms. The zero-order valence-corrected chi connectivity index (χ0v) is 17.4. The lowest BCUT2D eigenvalue weighted by atomic mass is 10.0. The highest BCUT2D eigenvalue weighted by atomic mass is 16.2. The summed E-state index contributed by atoms with van der Waals surface area (Å²) in [7, 11) is 1.83. The van der Waals surface area contributed by atoms with Crippen molar-refractivity contribution in [1.82, 2.24) is 19.5 Å². The van der Waals surface area contributed by atoms with E-state index in [0.29, 0.717) is 12.0 Å². The SMILES string of the molecule is CC[C@@H]1C(=O)N(C)c2cnc(-n3cccc3-c3ccncc3)nc2N1C1CCCC1. The molecule has 0 spiro atoms. The smallest absolute Gasteiger partial charge is 0.249 e. The van der Waals surface area contributed by atoms with Gasteiger partial charge in [-0.2, -0.15) is 4.98 Å². The molecule has 1 aliphatic carbocycles. The molecule has 1 atom stereocenters. The minimum atomic E-state index is -0.169. The van der Waals surface area contributed by atoms with E-state index in [1.54, 1.807) is 23.5 Å². The van der Waals surface area contributed by atoms with Crippen LogP contribution < -0.4 is 9.80 Å². The van der Waals surface area contributed by atoms with Crippen LogP contribution in [-0.4, -0.2) is 44.6 Å². The predicted octanol–water partition coefficient (Wildman–Crippen LogP) is 3.83. The van der Waals surface area contributed by atoms with Gasteiger partial charge in [0, 0.05) is 37.2 Å². The van der Waals surface area contributed by atoms with E-state index in [1.807, 2.05) is 36.0 Å². The van der Waals surface area contributed by atoms with Gasteiger partial charge in [0.25, 0.3) is 0 Å². The van der Waals surface area contributed by atoms with Gasteiger partial charge < -0.3 is 9.80 Å². The molecule has 1 amide bonds. The zero-order chi connectivity index (χ0) is 20.7. The van der Waals surface area contributed by atoms with Crippen LogP contribution >= 0.6 is 0 Å². The van der Waals surface area contributed by atoms with Crippen molar-refractivity contribution < 1.29 is 4.79 Å². The number of carbonyl (C=O) groups excluding carboxylic acids is 1. The summed E-state index contributed by atoms with van der Waals surface area (Å²) in [6.07, 6.45) is 12.7. The highest BCUT2D eigenvalue weighted by Crippen LogP contribution is 2.39. The Labute approximate surface area is 176 Å². The zero-order valence-electron chi connectivity index (χ0n) is 17.4. The maximum atomic E-state index is 13.1. The molecule has 3 aromatic heterocycles. The number of anilines is 2. The van der Waals surface area contributed by atoms with Crippen LogP contribution in [0.4, 0.5) is 11.5 Å². The predicted molar refractivity (Wildman–Crippen MR) is 117 cm³/mol. The van der Waals surface area contributed by atoms with Gasteiger partial charge in [-0.3, -0.25) is 14.3 Å². The number of amides is 1. The van der Waals surface area contributed by atoms with E-state index in [2.05, 4.69) is 27.9 Å². The molecule has 5 rings (SSSR count). The Balaban J connectivity index is 1.63. The first-order valence-corrected chi connectivity index (χ1v) is 10.7. The summed E-state index contributed by atoms with van der Waals surface area (Å²) < 4.78 is 2.00. The van der Waals surface area contributed by atoms with E-state index in [0.717, 1.165) is 42.0 Å². The summed E-state index contributed by atoms with van der Waals surface area (Å²) in [6.45, 7) is 2.08. The number of fused-ring (bicyclic) bond motifs is 1. The van der Waals surface area contributed by atoms with Crippen LogP contribution in [0.15, 0.2) is 49.1 Å². The molecule has 7 nitrogen and oxygen atoms in total. The van der Waals surface area contributed by atoms with Crippen molar-refractivity contribution >= 4 is 17.4 Å². The molecule has 2 aliphatic rings. The summed E-state index contributed by atoms with van der Waals surface area (Å²) in [4.78, 5) is 30.8. The Hall–Kier alpha value is -3.22. The number of aromatic nitrogens is 4. The second kappa shape index (κ2) is 7.55. The van der Waals surface area contributed by atoms with Crippen LogP contribution in [0.3, 0.4) is 0 Å². The second-order valence-electron chi connectivity index (χ2n) is 8.05. The minimum absolute atomic E-state index is 0.131. The number of pyridine rings is 1. The lowest BCUT2D eigenvalue weighted by Crippen LogP contribution is -2.55. The standard InChI is InChI=1S/C23H26N6O/c1-3-18-22(30)27(2)20-15-25-23(26-21(20)29(18)17-7-4-5-8-17)28-14-6-9-19(28)16-10-12-24-13-11-16/h6,9-15,17-18H,3-5,7-8H2,1-2H3/t18-/m1/s1. The van der Waals surface area contributed by atoms with Crippen molar-refractivity contribution in [1.29, 1.82) is 0 Å². The van der Waals surface area contributed by atoms with Gasteiger partial charge >= 0.3 is 0 Å². The maximum absolute atomic E-state index is 13.1. The topological polar surface area (TPSA) is 67.2 Å². The lowest BCUT2D eigenvalue weighted by Gasteiger charge is -2.43. The fourth-order valence-electron chi connectivity index (χ4n) is 4.80. The monoisotopic (exact) mass is 402 g/mol. The Morgan fingerprint density at radius 3 is 2.63 bits per heavy atom. The summed E-state index contributed by atoms with van der Waals surface area (Å²) in [5, 5.41) is 0. The van der Waals surface area contributed by atoms with Gasteiger partial charge in [0.05, 0.1) is 11.9 Å². The first kappa shape index (κ1) is 18.8. The van der Waals surface area contributed by atoms with E-state index in [1.165, 1.54) is 12.8 Å². The van der Waals surface area contributed by atoms with Gasteiger partial charge in [-0.05, 0) is 43.5 Å². The Kier molecular flexibility index (Phi) is 4.73. The third-order valence-electron chi connectivity index (χ3n) is 6.34. The first-order valence-electron chi connectivity index (χ1n) is 10.7. The van der Waals surface area contributed by atoms with E-state index >= 15 is 0 Å². The molecule has 1 saturated carbocycles. The molecule has 7 heteroatoms. The van der Waals surface area contributed by atoms with Crippen LogP contribution in [0.2, 0.25) is 0 Å². The summed E-state index contributed by atoms with van der Waals surface area (Å²) in [6, 6.07) is 8.20. The van der Waals surface area contributed by atoms with Crippen molar-refractivity contribution in [3.8, 4) is 17.2 Å². The number of likely N-dealkylation sites (N-methyl/N-ethyl adjacent to an activating group) is 1. The lowest BCUT2D eigenvalue weighted by molar-refractivity contribution is -0.120. The molecular weight excluding hydrogens is 376 g/mol. The van der Waals surface area contributed by atoms with Gasteiger partial charge in [-0.1, -0.05) is 19.8 Å². The Morgan fingerprint density at radius 1 is 1.13 bits per heavy atom. The van der Waals surface area contributed by atoms with Gasteiger partial charge in [-0.25, -0.2) is 4.98 Å². The fraction of sp³-hybridized carbons (Fsp3) is 0.391. The van der Waals surface area contributed by atoms with Crippen LogP contribution in [0.1, 0.15) is 39.0 Å². The normalized spacial score (nSPS) is 19.4. The molecule has 1 fully saturated rings.